The lowest BCUT2D eigenvalue weighted by atomic mass is 10.2. The second kappa shape index (κ2) is 4.58. The van der Waals surface area contributed by atoms with Crippen LogP contribution in [0.15, 0.2) is 18.3 Å². The summed E-state index contributed by atoms with van der Waals surface area (Å²) in [5, 5.41) is 10.00. The zero-order valence-corrected chi connectivity index (χ0v) is 9.32. The monoisotopic (exact) mass is 244 g/mol. The predicted molar refractivity (Wildman–Crippen MR) is 57.3 cm³/mol. The van der Waals surface area contributed by atoms with Crippen molar-refractivity contribution in [2.45, 2.75) is 6.10 Å². The average Bonchev–Trinajstić information content (AvgIpc) is 2.17. The summed E-state index contributed by atoms with van der Waals surface area (Å²) in [6.45, 7) is 0. The van der Waals surface area contributed by atoms with Crippen LogP contribution >= 0.6 is 15.9 Å². The Hall–Kier alpha value is -0.610. The van der Waals surface area contributed by atoms with E-state index in [4.69, 9.17) is 0 Å². The lowest BCUT2D eigenvalue weighted by Gasteiger charge is -2.12. The molecule has 1 unspecified atom stereocenters. The summed E-state index contributed by atoms with van der Waals surface area (Å²) in [6, 6.07) is 3.77. The first-order valence-corrected chi connectivity index (χ1v) is 5.14. The third-order valence-corrected chi connectivity index (χ3v) is 2.37. The summed E-state index contributed by atoms with van der Waals surface area (Å²) in [6.07, 6.45) is 1.23. The van der Waals surface area contributed by atoms with Crippen LogP contribution < -0.4 is 4.90 Å². The maximum Gasteiger partial charge on any atom is 0.127 e. The number of alkyl halides is 1. The fraction of sp³-hybridized carbons (Fsp3) is 0.444. The van der Waals surface area contributed by atoms with E-state index in [0.717, 1.165) is 11.4 Å². The number of aliphatic hydroxyl groups is 1. The molecule has 13 heavy (non-hydrogen) atoms. The number of rotatable bonds is 3. The van der Waals surface area contributed by atoms with Crippen molar-refractivity contribution in [3.63, 3.8) is 0 Å². The standard InChI is InChI=1S/C9H13BrN2O/c1-12(2)9-4-3-7(6-11-9)8(13)5-10/h3-4,6,8,13H,5H2,1-2H3. The van der Waals surface area contributed by atoms with Gasteiger partial charge in [0.05, 0.1) is 6.10 Å². The number of pyridine rings is 1. The molecule has 72 valence electrons. The number of anilines is 1. The largest absolute Gasteiger partial charge is 0.387 e. The number of nitrogens with zero attached hydrogens (tertiary/aromatic N) is 2. The summed E-state index contributed by atoms with van der Waals surface area (Å²) < 4.78 is 0. The summed E-state index contributed by atoms with van der Waals surface area (Å²) >= 11 is 3.21. The molecule has 1 atom stereocenters. The lowest BCUT2D eigenvalue weighted by molar-refractivity contribution is 0.205. The van der Waals surface area contributed by atoms with E-state index in [2.05, 4.69) is 20.9 Å². The molecule has 0 aliphatic heterocycles. The van der Waals surface area contributed by atoms with E-state index in [-0.39, 0.29) is 0 Å². The molecule has 1 heterocycles. The highest BCUT2D eigenvalue weighted by atomic mass is 79.9. The molecule has 1 N–H and O–H groups in total. The van der Waals surface area contributed by atoms with E-state index in [1.54, 1.807) is 6.20 Å². The highest BCUT2D eigenvalue weighted by Gasteiger charge is 2.05. The van der Waals surface area contributed by atoms with Crippen molar-refractivity contribution >= 4 is 21.7 Å². The van der Waals surface area contributed by atoms with Gasteiger partial charge in [0, 0.05) is 25.6 Å². The maximum absolute atomic E-state index is 9.46. The Kier molecular flexibility index (Phi) is 3.69. The smallest absolute Gasteiger partial charge is 0.127 e. The molecule has 4 heteroatoms. The molecular formula is C9H13BrN2O. The molecule has 1 aromatic rings. The number of aromatic nitrogens is 1. The Morgan fingerprint density at radius 1 is 1.54 bits per heavy atom. The topological polar surface area (TPSA) is 36.4 Å². The molecule has 0 saturated heterocycles. The van der Waals surface area contributed by atoms with Gasteiger partial charge in [-0.2, -0.15) is 0 Å². The minimum absolute atomic E-state index is 0.469. The Morgan fingerprint density at radius 2 is 2.23 bits per heavy atom. The van der Waals surface area contributed by atoms with E-state index in [0.29, 0.717) is 5.33 Å². The van der Waals surface area contributed by atoms with Gasteiger partial charge in [-0.15, -0.1) is 0 Å². The SMILES string of the molecule is CN(C)c1ccc(C(O)CBr)cn1. The van der Waals surface area contributed by atoms with Gasteiger partial charge in [-0.1, -0.05) is 22.0 Å². The molecular weight excluding hydrogens is 232 g/mol. The van der Waals surface area contributed by atoms with Crippen LogP contribution in [0.5, 0.6) is 0 Å². The summed E-state index contributed by atoms with van der Waals surface area (Å²) in [4.78, 5) is 6.11. The summed E-state index contributed by atoms with van der Waals surface area (Å²) in [5.41, 5.74) is 0.836. The molecule has 0 spiro atoms. The van der Waals surface area contributed by atoms with E-state index in [1.807, 2.05) is 31.1 Å². The summed E-state index contributed by atoms with van der Waals surface area (Å²) in [5.74, 6) is 0.894. The average molecular weight is 245 g/mol. The third kappa shape index (κ3) is 2.67. The Bertz CT molecular complexity index is 261. The molecule has 0 aliphatic carbocycles. The van der Waals surface area contributed by atoms with Crippen molar-refractivity contribution in [3.05, 3.63) is 23.9 Å². The Labute approximate surface area is 86.5 Å². The number of aliphatic hydroxyl groups excluding tert-OH is 1. The molecule has 0 bridgehead atoms. The maximum atomic E-state index is 9.46. The molecule has 0 radical (unpaired) electrons. The van der Waals surface area contributed by atoms with Crippen molar-refractivity contribution in [1.82, 2.24) is 4.98 Å². The Morgan fingerprint density at radius 3 is 2.62 bits per heavy atom. The van der Waals surface area contributed by atoms with Crippen LogP contribution in [0.4, 0.5) is 5.82 Å². The molecule has 0 aromatic carbocycles. The van der Waals surface area contributed by atoms with Crippen LogP contribution in [-0.4, -0.2) is 29.5 Å². The molecule has 1 aromatic heterocycles. The van der Waals surface area contributed by atoms with Gasteiger partial charge in [-0.3, -0.25) is 0 Å². The van der Waals surface area contributed by atoms with Gasteiger partial charge in [-0.05, 0) is 11.6 Å². The molecule has 0 aliphatic rings. The van der Waals surface area contributed by atoms with Gasteiger partial charge in [0.2, 0.25) is 0 Å². The van der Waals surface area contributed by atoms with Gasteiger partial charge in [-0.25, -0.2) is 4.98 Å². The first-order chi connectivity index (χ1) is 6.15. The van der Waals surface area contributed by atoms with Gasteiger partial charge in [0.1, 0.15) is 5.82 Å². The number of hydrogen-bond acceptors (Lipinski definition) is 3. The zero-order valence-electron chi connectivity index (χ0n) is 7.74. The van der Waals surface area contributed by atoms with Gasteiger partial charge in [0.15, 0.2) is 0 Å². The van der Waals surface area contributed by atoms with Crippen molar-refractivity contribution in [3.8, 4) is 0 Å². The van der Waals surface area contributed by atoms with Crippen molar-refractivity contribution < 1.29 is 5.11 Å². The van der Waals surface area contributed by atoms with Crippen molar-refractivity contribution in [2.24, 2.45) is 0 Å². The Balaban J connectivity index is 2.81. The number of halogens is 1. The van der Waals surface area contributed by atoms with E-state index in [9.17, 15) is 5.11 Å². The molecule has 1 rings (SSSR count). The van der Waals surface area contributed by atoms with Crippen molar-refractivity contribution in [2.75, 3.05) is 24.3 Å². The normalized spacial score (nSPS) is 12.6. The van der Waals surface area contributed by atoms with Crippen molar-refractivity contribution in [1.29, 1.82) is 0 Å². The minimum Gasteiger partial charge on any atom is -0.387 e. The third-order valence-electron chi connectivity index (χ3n) is 1.76. The van der Waals surface area contributed by atoms with Crippen LogP contribution in [0.3, 0.4) is 0 Å². The van der Waals surface area contributed by atoms with Crippen LogP contribution in [0, 0.1) is 0 Å². The van der Waals surface area contributed by atoms with Crippen LogP contribution in [0.2, 0.25) is 0 Å². The van der Waals surface area contributed by atoms with Crippen LogP contribution in [-0.2, 0) is 0 Å². The highest BCUT2D eigenvalue weighted by Crippen LogP contribution is 2.16. The second-order valence-electron chi connectivity index (χ2n) is 3.01. The second-order valence-corrected chi connectivity index (χ2v) is 3.66. The predicted octanol–water partition coefficient (Wildman–Crippen LogP) is 1.58. The van der Waals surface area contributed by atoms with Gasteiger partial charge < -0.3 is 10.0 Å². The molecule has 0 fully saturated rings. The van der Waals surface area contributed by atoms with E-state index in [1.165, 1.54) is 0 Å². The van der Waals surface area contributed by atoms with E-state index >= 15 is 0 Å². The first-order valence-electron chi connectivity index (χ1n) is 4.02. The van der Waals surface area contributed by atoms with Gasteiger partial charge in [0.25, 0.3) is 0 Å². The summed E-state index contributed by atoms with van der Waals surface area (Å²) in [7, 11) is 3.87. The van der Waals surface area contributed by atoms with Crippen LogP contribution in [0.25, 0.3) is 0 Å². The zero-order chi connectivity index (χ0) is 9.84. The fourth-order valence-electron chi connectivity index (χ4n) is 0.948. The first kappa shape index (κ1) is 10.5. The molecule has 0 saturated carbocycles. The molecule has 0 amide bonds. The van der Waals surface area contributed by atoms with Gasteiger partial charge >= 0.3 is 0 Å². The molecule has 3 nitrogen and oxygen atoms in total. The quantitative estimate of drug-likeness (QED) is 0.821. The highest BCUT2D eigenvalue weighted by molar-refractivity contribution is 9.09. The van der Waals surface area contributed by atoms with Crippen LogP contribution in [0.1, 0.15) is 11.7 Å². The minimum atomic E-state index is -0.469. The lowest BCUT2D eigenvalue weighted by Crippen LogP contribution is -2.10. The number of hydrogen-bond donors (Lipinski definition) is 1. The van der Waals surface area contributed by atoms with E-state index < -0.39 is 6.10 Å². The fourth-order valence-corrected chi connectivity index (χ4v) is 1.32.